The Hall–Kier alpha value is -1.24. The van der Waals surface area contributed by atoms with Gasteiger partial charge in [-0.15, -0.1) is 0 Å². The molecule has 1 saturated carbocycles. The van der Waals surface area contributed by atoms with E-state index in [1.165, 1.54) is 0 Å². The summed E-state index contributed by atoms with van der Waals surface area (Å²) in [5, 5.41) is 0. The van der Waals surface area contributed by atoms with E-state index < -0.39 is 0 Å². The van der Waals surface area contributed by atoms with Crippen molar-refractivity contribution in [3.8, 4) is 0 Å². The molecule has 0 spiro atoms. The van der Waals surface area contributed by atoms with Gasteiger partial charge in [0.05, 0.1) is 12.6 Å². The zero-order chi connectivity index (χ0) is 12.2. The van der Waals surface area contributed by atoms with E-state index in [0.717, 1.165) is 19.3 Å². The summed E-state index contributed by atoms with van der Waals surface area (Å²) in [6.07, 6.45) is 5.88. The number of nitrogens with zero attached hydrogens (tertiary/aromatic N) is 2. The van der Waals surface area contributed by atoms with E-state index in [2.05, 4.69) is 30.8 Å². The third-order valence-electron chi connectivity index (χ3n) is 3.18. The maximum Gasteiger partial charge on any atom is 0.235 e. The van der Waals surface area contributed by atoms with Crippen molar-refractivity contribution in [3.63, 3.8) is 0 Å². The number of hydrogen-bond donors (Lipinski definition) is 0. The molecular formula is C12H18N2O2. The fourth-order valence-electron chi connectivity index (χ4n) is 3.09. The minimum Gasteiger partial charge on any atom is -0.211 e. The molecule has 0 unspecified atom stereocenters. The van der Waals surface area contributed by atoms with Crippen LogP contribution >= 0.6 is 0 Å². The van der Waals surface area contributed by atoms with Crippen LogP contribution in [0.25, 0.3) is 0 Å². The molecular weight excluding hydrogens is 204 g/mol. The molecule has 0 bridgehead atoms. The van der Waals surface area contributed by atoms with Gasteiger partial charge in [-0.1, -0.05) is 20.8 Å². The maximum atomic E-state index is 10.3. The second-order valence-electron chi connectivity index (χ2n) is 5.84. The topological polar surface area (TPSA) is 58.9 Å². The van der Waals surface area contributed by atoms with Crippen molar-refractivity contribution >= 4 is 12.2 Å². The maximum absolute atomic E-state index is 10.3. The molecule has 4 heteroatoms. The van der Waals surface area contributed by atoms with Gasteiger partial charge in [0.1, 0.15) is 0 Å². The van der Waals surface area contributed by atoms with Gasteiger partial charge < -0.3 is 0 Å². The van der Waals surface area contributed by atoms with E-state index in [4.69, 9.17) is 0 Å². The van der Waals surface area contributed by atoms with Gasteiger partial charge in [0, 0.05) is 0 Å². The highest BCUT2D eigenvalue weighted by molar-refractivity contribution is 5.34. The van der Waals surface area contributed by atoms with Crippen molar-refractivity contribution in [1.82, 2.24) is 0 Å². The summed E-state index contributed by atoms with van der Waals surface area (Å²) < 4.78 is 0. The molecule has 0 aromatic heterocycles. The second kappa shape index (κ2) is 4.73. The van der Waals surface area contributed by atoms with E-state index in [0.29, 0.717) is 6.54 Å². The highest BCUT2D eigenvalue weighted by Crippen LogP contribution is 2.47. The molecule has 0 N–H and O–H groups in total. The second-order valence-corrected chi connectivity index (χ2v) is 5.84. The minimum atomic E-state index is -0.0653. The third kappa shape index (κ3) is 3.41. The summed E-state index contributed by atoms with van der Waals surface area (Å²) in [6.45, 7) is 6.86. The lowest BCUT2D eigenvalue weighted by Crippen LogP contribution is -2.39. The Kier molecular flexibility index (Phi) is 3.79. The van der Waals surface area contributed by atoms with Crippen LogP contribution in [0.15, 0.2) is 9.98 Å². The molecule has 1 rings (SSSR count). The van der Waals surface area contributed by atoms with Crippen LogP contribution in [0.5, 0.6) is 0 Å². The summed E-state index contributed by atoms with van der Waals surface area (Å²) >= 11 is 0. The quantitative estimate of drug-likeness (QED) is 0.543. The molecule has 1 fully saturated rings. The summed E-state index contributed by atoms with van der Waals surface area (Å²) in [7, 11) is 0. The standard InChI is InChI=1S/C12H18N2O2/c1-11(2)4-10(14-9-16)5-12(3,6-11)7-13-8-15/h10H,4-7H2,1-3H3/t10-,12+/m0/s1. The Bertz CT molecular complexity index is 352. The lowest BCUT2D eigenvalue weighted by atomic mass is 9.63. The van der Waals surface area contributed by atoms with Gasteiger partial charge in [0.25, 0.3) is 0 Å². The van der Waals surface area contributed by atoms with Gasteiger partial charge in [-0.25, -0.2) is 19.6 Å². The molecule has 16 heavy (non-hydrogen) atoms. The first kappa shape index (κ1) is 12.8. The van der Waals surface area contributed by atoms with Crippen molar-refractivity contribution in [2.24, 2.45) is 20.8 Å². The summed E-state index contributed by atoms with van der Waals surface area (Å²) in [5.74, 6) is 0. The average molecular weight is 222 g/mol. The lowest BCUT2D eigenvalue weighted by molar-refractivity contribution is 0.0915. The van der Waals surface area contributed by atoms with E-state index in [1.807, 2.05) is 0 Å². The summed E-state index contributed by atoms with van der Waals surface area (Å²) in [6, 6.07) is 0.00750. The van der Waals surface area contributed by atoms with Crippen LogP contribution in [0, 0.1) is 10.8 Å². The minimum absolute atomic E-state index is 0.00750. The van der Waals surface area contributed by atoms with Crippen LogP contribution in [-0.4, -0.2) is 24.7 Å². The molecule has 0 aromatic rings. The van der Waals surface area contributed by atoms with Gasteiger partial charge in [-0.2, -0.15) is 0 Å². The molecule has 0 aromatic carbocycles. The van der Waals surface area contributed by atoms with Crippen LogP contribution in [0.2, 0.25) is 0 Å². The summed E-state index contributed by atoms with van der Waals surface area (Å²) in [4.78, 5) is 28.0. The SMILES string of the molecule is CC1(C)C[C@H](N=C=O)C[C@@](C)(CN=C=O)C1. The molecule has 0 amide bonds. The largest absolute Gasteiger partial charge is 0.235 e. The van der Waals surface area contributed by atoms with Crippen LogP contribution in [0.3, 0.4) is 0 Å². The fraction of sp³-hybridized carbons (Fsp3) is 0.833. The molecule has 4 nitrogen and oxygen atoms in total. The molecule has 0 aliphatic heterocycles. The number of isocyanates is 2. The van der Waals surface area contributed by atoms with Crippen LogP contribution in [0.4, 0.5) is 0 Å². The van der Waals surface area contributed by atoms with Gasteiger partial charge in [-0.05, 0) is 30.1 Å². The Morgan fingerprint density at radius 3 is 2.44 bits per heavy atom. The van der Waals surface area contributed by atoms with Crippen LogP contribution in [-0.2, 0) is 9.59 Å². The first-order valence-corrected chi connectivity index (χ1v) is 5.51. The average Bonchev–Trinajstić information content (AvgIpc) is 2.12. The molecule has 1 aliphatic carbocycles. The number of rotatable bonds is 3. The van der Waals surface area contributed by atoms with Gasteiger partial charge in [0.15, 0.2) is 0 Å². The van der Waals surface area contributed by atoms with Crippen molar-refractivity contribution in [3.05, 3.63) is 0 Å². The van der Waals surface area contributed by atoms with E-state index in [-0.39, 0.29) is 16.9 Å². The predicted octanol–water partition coefficient (Wildman–Crippen LogP) is 2.24. The van der Waals surface area contributed by atoms with Gasteiger partial charge in [0.2, 0.25) is 12.2 Å². The molecule has 1 aliphatic rings. The Morgan fingerprint density at radius 1 is 1.19 bits per heavy atom. The lowest BCUT2D eigenvalue weighted by Gasteiger charge is -2.44. The Balaban J connectivity index is 2.85. The molecule has 0 saturated heterocycles. The normalized spacial score (nSPS) is 32.3. The van der Waals surface area contributed by atoms with E-state index >= 15 is 0 Å². The van der Waals surface area contributed by atoms with Crippen molar-refractivity contribution < 1.29 is 9.59 Å². The highest BCUT2D eigenvalue weighted by atomic mass is 16.1. The van der Waals surface area contributed by atoms with Gasteiger partial charge >= 0.3 is 0 Å². The van der Waals surface area contributed by atoms with Crippen molar-refractivity contribution in [1.29, 1.82) is 0 Å². The summed E-state index contributed by atoms with van der Waals surface area (Å²) in [5.41, 5.74) is 0.0561. The molecule has 0 radical (unpaired) electrons. The Labute approximate surface area is 95.9 Å². The van der Waals surface area contributed by atoms with E-state index in [1.54, 1.807) is 12.2 Å². The zero-order valence-corrected chi connectivity index (χ0v) is 10.1. The van der Waals surface area contributed by atoms with Crippen molar-refractivity contribution in [2.45, 2.75) is 46.1 Å². The van der Waals surface area contributed by atoms with Gasteiger partial charge in [-0.3, -0.25) is 0 Å². The number of hydrogen-bond acceptors (Lipinski definition) is 4. The Morgan fingerprint density at radius 2 is 1.88 bits per heavy atom. The predicted molar refractivity (Wildman–Crippen MR) is 60.6 cm³/mol. The molecule has 0 heterocycles. The van der Waals surface area contributed by atoms with Crippen LogP contribution < -0.4 is 0 Å². The first-order valence-electron chi connectivity index (χ1n) is 5.51. The molecule has 88 valence electrons. The fourth-order valence-corrected chi connectivity index (χ4v) is 3.09. The monoisotopic (exact) mass is 222 g/mol. The number of carbonyl (C=O) groups excluding carboxylic acids is 2. The zero-order valence-electron chi connectivity index (χ0n) is 10.1. The first-order chi connectivity index (χ1) is 7.41. The smallest absolute Gasteiger partial charge is 0.211 e. The third-order valence-corrected chi connectivity index (χ3v) is 3.18. The van der Waals surface area contributed by atoms with Crippen molar-refractivity contribution in [2.75, 3.05) is 6.54 Å². The van der Waals surface area contributed by atoms with E-state index in [9.17, 15) is 9.59 Å². The van der Waals surface area contributed by atoms with Crippen LogP contribution in [0.1, 0.15) is 40.0 Å². The molecule has 2 atom stereocenters. The number of aliphatic imine (C=N–C) groups is 2. The highest BCUT2D eigenvalue weighted by Gasteiger charge is 2.41.